The second kappa shape index (κ2) is 6.82. The number of rotatable bonds is 3. The van der Waals surface area contributed by atoms with Gasteiger partial charge in [0.15, 0.2) is 0 Å². The molecule has 0 amide bonds. The van der Waals surface area contributed by atoms with Gasteiger partial charge in [0.2, 0.25) is 0 Å². The topological polar surface area (TPSA) is 38.9 Å². The molecule has 0 aliphatic carbocycles. The molecule has 7 heteroatoms. The summed E-state index contributed by atoms with van der Waals surface area (Å²) in [4.78, 5) is 3.87. The van der Waals surface area contributed by atoms with Gasteiger partial charge in [0.25, 0.3) is 0 Å². The van der Waals surface area contributed by atoms with Gasteiger partial charge in [-0.05, 0) is 17.7 Å². The van der Waals surface area contributed by atoms with Gasteiger partial charge in [-0.3, -0.25) is 4.98 Å². The van der Waals surface area contributed by atoms with E-state index in [2.05, 4.69) is 4.98 Å². The third kappa shape index (κ3) is 6.49. The Morgan fingerprint density at radius 1 is 1.40 bits per heavy atom. The standard InChI is InChI=1S/C8H9BF3N2.K/c10-9(11,12)3-1-7-2-4-14-8(5-7)6-13;/h1-5H,6,13H2;/q-1;+1/b3-1+;. The fourth-order valence-corrected chi connectivity index (χ4v) is 0.932. The zero-order valence-corrected chi connectivity index (χ0v) is 11.5. The van der Waals surface area contributed by atoms with Crippen LogP contribution >= 0.6 is 0 Å². The minimum Gasteiger partial charge on any atom is -0.445 e. The van der Waals surface area contributed by atoms with Crippen molar-refractivity contribution >= 4 is 13.1 Å². The van der Waals surface area contributed by atoms with Crippen molar-refractivity contribution in [1.82, 2.24) is 4.98 Å². The molecule has 0 atom stereocenters. The molecule has 0 bridgehead atoms. The van der Waals surface area contributed by atoms with Crippen molar-refractivity contribution in [2.24, 2.45) is 5.73 Å². The van der Waals surface area contributed by atoms with Crippen LogP contribution in [0, 0.1) is 0 Å². The Hall–Kier alpha value is 0.341. The average molecular weight is 240 g/mol. The van der Waals surface area contributed by atoms with Crippen LogP contribution in [0.5, 0.6) is 0 Å². The van der Waals surface area contributed by atoms with Gasteiger partial charge in [-0.25, -0.2) is 0 Å². The summed E-state index contributed by atoms with van der Waals surface area (Å²) in [5.41, 5.74) is 6.32. The molecule has 2 N–H and O–H groups in total. The number of pyridine rings is 1. The van der Waals surface area contributed by atoms with Gasteiger partial charge in [-0.15, -0.1) is 5.98 Å². The van der Waals surface area contributed by atoms with E-state index in [0.717, 1.165) is 6.08 Å². The van der Waals surface area contributed by atoms with Crippen LogP contribution in [0.2, 0.25) is 0 Å². The average Bonchev–Trinajstić information content (AvgIpc) is 2.14. The Labute approximate surface area is 129 Å². The molecule has 0 aliphatic heterocycles. The van der Waals surface area contributed by atoms with Crippen LogP contribution in [0.15, 0.2) is 24.3 Å². The largest absolute Gasteiger partial charge is 1.00 e. The second-order valence-electron chi connectivity index (χ2n) is 2.77. The number of nitrogens with zero attached hydrogens (tertiary/aromatic N) is 1. The van der Waals surface area contributed by atoms with Crippen molar-refractivity contribution < 1.29 is 64.3 Å². The van der Waals surface area contributed by atoms with Gasteiger partial charge in [-0.1, -0.05) is 6.08 Å². The molecule has 0 unspecified atom stereocenters. The molecule has 0 spiro atoms. The van der Waals surface area contributed by atoms with Crippen molar-refractivity contribution in [1.29, 1.82) is 0 Å². The monoisotopic (exact) mass is 240 g/mol. The summed E-state index contributed by atoms with van der Waals surface area (Å²) in [5.74, 6) is 0.246. The zero-order valence-electron chi connectivity index (χ0n) is 8.33. The molecule has 2 nitrogen and oxygen atoms in total. The van der Waals surface area contributed by atoms with E-state index >= 15 is 0 Å². The molecular formula is C8H9BF3KN2. The first kappa shape index (κ1) is 15.3. The Kier molecular flexibility index (Phi) is 6.98. The summed E-state index contributed by atoms with van der Waals surface area (Å²) in [6, 6.07) is 3.02. The van der Waals surface area contributed by atoms with E-state index in [1.165, 1.54) is 18.3 Å². The Morgan fingerprint density at radius 3 is 2.60 bits per heavy atom. The fourth-order valence-electron chi connectivity index (χ4n) is 0.932. The van der Waals surface area contributed by atoms with Gasteiger partial charge in [0.1, 0.15) is 0 Å². The molecule has 0 saturated carbocycles. The minimum absolute atomic E-state index is 0. The van der Waals surface area contributed by atoms with E-state index in [9.17, 15) is 12.9 Å². The van der Waals surface area contributed by atoms with Gasteiger partial charge < -0.3 is 18.7 Å². The molecule has 0 fully saturated rings. The van der Waals surface area contributed by atoms with Crippen LogP contribution in [0.3, 0.4) is 0 Å². The Bertz CT molecular complexity index is 341. The number of halogens is 3. The van der Waals surface area contributed by atoms with E-state index < -0.39 is 6.98 Å². The number of nitrogens with two attached hydrogens (primary N) is 1. The maximum absolute atomic E-state index is 11.9. The third-order valence-corrected chi connectivity index (χ3v) is 1.56. The van der Waals surface area contributed by atoms with Crippen LogP contribution in [0.1, 0.15) is 11.3 Å². The van der Waals surface area contributed by atoms with Crippen LogP contribution in [0.25, 0.3) is 6.08 Å². The molecule has 0 radical (unpaired) electrons. The molecule has 1 heterocycles. The van der Waals surface area contributed by atoms with Gasteiger partial charge in [0.05, 0.1) is 5.69 Å². The second-order valence-corrected chi connectivity index (χ2v) is 2.77. The molecule has 0 saturated heterocycles. The SMILES string of the molecule is NCc1cc(/C=C/[B-](F)(F)F)ccn1.[K+]. The van der Waals surface area contributed by atoms with Crippen molar-refractivity contribution in [3.8, 4) is 0 Å². The maximum atomic E-state index is 11.9. The molecule has 1 aromatic rings. The summed E-state index contributed by atoms with van der Waals surface area (Å²) < 4.78 is 35.6. The van der Waals surface area contributed by atoms with Crippen LogP contribution in [-0.2, 0) is 6.54 Å². The predicted octanol–water partition coefficient (Wildman–Crippen LogP) is -1.06. The van der Waals surface area contributed by atoms with Crippen LogP contribution in [0.4, 0.5) is 12.9 Å². The van der Waals surface area contributed by atoms with E-state index in [4.69, 9.17) is 5.73 Å². The first-order valence-electron chi connectivity index (χ1n) is 4.05. The van der Waals surface area contributed by atoms with Gasteiger partial charge >= 0.3 is 58.4 Å². The molecule has 76 valence electrons. The molecular weight excluding hydrogens is 231 g/mol. The number of hydrogen-bond acceptors (Lipinski definition) is 2. The normalized spacial score (nSPS) is 11.5. The zero-order chi connectivity index (χ0) is 10.6. The summed E-state index contributed by atoms with van der Waals surface area (Å²) in [7, 11) is 0. The fraction of sp³-hybridized carbons (Fsp3) is 0.125. The van der Waals surface area contributed by atoms with E-state index in [0.29, 0.717) is 11.3 Å². The van der Waals surface area contributed by atoms with Crippen LogP contribution < -0.4 is 57.1 Å². The van der Waals surface area contributed by atoms with Gasteiger partial charge in [0, 0.05) is 12.7 Å². The Morgan fingerprint density at radius 2 is 2.07 bits per heavy atom. The Balaban J connectivity index is 0.00000196. The summed E-state index contributed by atoms with van der Waals surface area (Å²) in [6.45, 7) is -4.66. The molecule has 1 aromatic heterocycles. The number of hydrogen-bond donors (Lipinski definition) is 1. The number of aromatic nitrogens is 1. The molecule has 1 rings (SSSR count). The summed E-state index contributed by atoms with van der Waals surface area (Å²) in [5, 5.41) is 0. The smallest absolute Gasteiger partial charge is 0.445 e. The van der Waals surface area contributed by atoms with E-state index in [1.54, 1.807) is 0 Å². The summed E-state index contributed by atoms with van der Waals surface area (Å²) in [6.07, 6.45) is 2.45. The molecule has 0 aromatic carbocycles. The van der Waals surface area contributed by atoms with Crippen LogP contribution in [-0.4, -0.2) is 12.0 Å². The predicted molar refractivity (Wildman–Crippen MR) is 50.2 cm³/mol. The van der Waals surface area contributed by atoms with Crippen molar-refractivity contribution in [3.05, 3.63) is 35.6 Å². The summed E-state index contributed by atoms with van der Waals surface area (Å²) >= 11 is 0. The minimum atomic E-state index is -4.88. The van der Waals surface area contributed by atoms with Crippen molar-refractivity contribution in [2.45, 2.75) is 6.54 Å². The third-order valence-electron chi connectivity index (χ3n) is 1.56. The quantitative estimate of drug-likeness (QED) is 0.684. The molecule has 0 aliphatic rings. The van der Waals surface area contributed by atoms with E-state index in [1.807, 2.05) is 0 Å². The maximum Gasteiger partial charge on any atom is 1.00 e. The van der Waals surface area contributed by atoms with Crippen molar-refractivity contribution in [2.75, 3.05) is 0 Å². The van der Waals surface area contributed by atoms with Gasteiger partial charge in [-0.2, -0.15) is 0 Å². The van der Waals surface area contributed by atoms with E-state index in [-0.39, 0.29) is 63.9 Å². The molecule has 15 heavy (non-hydrogen) atoms. The first-order chi connectivity index (χ1) is 6.51. The van der Waals surface area contributed by atoms with Crippen molar-refractivity contribution in [3.63, 3.8) is 0 Å². The first-order valence-corrected chi connectivity index (χ1v) is 4.05.